The predicted octanol–water partition coefficient (Wildman–Crippen LogP) is 6.10. The van der Waals surface area contributed by atoms with Gasteiger partial charge in [0.15, 0.2) is 5.82 Å². The van der Waals surface area contributed by atoms with E-state index in [1.807, 2.05) is 63.2 Å². The molecule has 196 valence electrons. The summed E-state index contributed by atoms with van der Waals surface area (Å²) in [5.74, 6) is -0.665. The van der Waals surface area contributed by atoms with Crippen LogP contribution in [0, 0.1) is 6.92 Å². The average Bonchev–Trinajstić information content (AvgIpc) is 3.51. The van der Waals surface area contributed by atoms with Gasteiger partial charge in [0, 0.05) is 5.56 Å². The van der Waals surface area contributed by atoms with Crippen LogP contribution in [0.2, 0.25) is 0 Å². The second-order valence-electron chi connectivity index (χ2n) is 9.64. The summed E-state index contributed by atoms with van der Waals surface area (Å²) in [7, 11) is 0. The first-order chi connectivity index (χ1) is 18.7. The van der Waals surface area contributed by atoms with Crippen molar-refractivity contribution in [3.05, 3.63) is 112 Å². The fourth-order valence-corrected chi connectivity index (χ4v) is 5.18. The molecule has 0 unspecified atom stereocenters. The molecule has 3 amide bonds. The Kier molecular flexibility index (Phi) is 7.00. The molecule has 0 saturated carbocycles. The molecule has 0 atom stereocenters. The minimum Gasteiger partial charge on any atom is -0.342 e. The van der Waals surface area contributed by atoms with Gasteiger partial charge in [-0.2, -0.15) is 5.10 Å². The smallest absolute Gasteiger partial charge is 0.262 e. The van der Waals surface area contributed by atoms with Crippen LogP contribution in [0.4, 0.5) is 11.5 Å². The molecule has 0 bridgehead atoms. The van der Waals surface area contributed by atoms with Gasteiger partial charge in [0.1, 0.15) is 4.83 Å². The second kappa shape index (κ2) is 10.5. The first kappa shape index (κ1) is 25.9. The Balaban J connectivity index is 1.33. The highest BCUT2D eigenvalue weighted by atomic mass is 32.1. The number of hydrogen-bond donors (Lipinski definition) is 4. The molecule has 5 aromatic rings. The number of benzene rings is 3. The number of thiophene rings is 1. The Morgan fingerprint density at radius 2 is 1.44 bits per heavy atom. The number of para-hydroxylation sites is 1. The number of hydrogen-bond acceptors (Lipinski definition) is 5. The van der Waals surface area contributed by atoms with Crippen molar-refractivity contribution in [1.29, 1.82) is 0 Å². The summed E-state index contributed by atoms with van der Waals surface area (Å²) in [6.45, 7) is 5.75. The maximum Gasteiger partial charge on any atom is 0.262 e. The van der Waals surface area contributed by atoms with Crippen molar-refractivity contribution in [3.63, 3.8) is 0 Å². The minimum atomic E-state index is -0.572. The van der Waals surface area contributed by atoms with Crippen molar-refractivity contribution in [3.8, 4) is 0 Å². The maximum atomic E-state index is 13.3. The van der Waals surface area contributed by atoms with Crippen LogP contribution >= 0.6 is 11.3 Å². The summed E-state index contributed by atoms with van der Waals surface area (Å²) >= 11 is 1.26. The molecule has 0 aliphatic rings. The quantitative estimate of drug-likeness (QED) is 0.201. The van der Waals surface area contributed by atoms with E-state index < -0.39 is 11.4 Å². The van der Waals surface area contributed by atoms with E-state index >= 15 is 0 Å². The molecule has 0 saturated heterocycles. The van der Waals surface area contributed by atoms with Crippen LogP contribution in [0.1, 0.15) is 55.4 Å². The van der Waals surface area contributed by atoms with Crippen molar-refractivity contribution in [2.24, 2.45) is 0 Å². The third kappa shape index (κ3) is 5.44. The molecule has 39 heavy (non-hydrogen) atoms. The van der Waals surface area contributed by atoms with Crippen molar-refractivity contribution < 1.29 is 14.4 Å². The van der Waals surface area contributed by atoms with E-state index in [0.29, 0.717) is 32.2 Å². The molecule has 4 N–H and O–H groups in total. The molecule has 9 heteroatoms. The molecule has 5 rings (SSSR count). The lowest BCUT2D eigenvalue weighted by atomic mass is 9.94. The Bertz CT molecular complexity index is 1690. The number of carbonyl (C=O) groups is 3. The van der Waals surface area contributed by atoms with E-state index in [2.05, 4.69) is 26.1 Å². The van der Waals surface area contributed by atoms with Gasteiger partial charge >= 0.3 is 0 Å². The number of rotatable bonds is 7. The predicted molar refractivity (Wildman–Crippen MR) is 154 cm³/mol. The normalized spacial score (nSPS) is 11.3. The molecule has 2 heterocycles. The average molecular weight is 538 g/mol. The van der Waals surface area contributed by atoms with Crippen LogP contribution in [0.5, 0.6) is 0 Å². The van der Waals surface area contributed by atoms with Gasteiger partial charge in [-0.1, -0.05) is 60.7 Å². The topological polar surface area (TPSA) is 116 Å². The van der Waals surface area contributed by atoms with Crippen LogP contribution in [-0.4, -0.2) is 27.9 Å². The lowest BCUT2D eigenvalue weighted by Gasteiger charge is -2.26. The number of H-pyrrole nitrogens is 1. The zero-order valence-electron chi connectivity index (χ0n) is 21.7. The highest BCUT2D eigenvalue weighted by Crippen LogP contribution is 2.31. The van der Waals surface area contributed by atoms with Gasteiger partial charge in [-0.3, -0.25) is 19.5 Å². The molecule has 3 aromatic carbocycles. The number of aryl methyl sites for hydroxylation is 1. The molecule has 0 spiro atoms. The van der Waals surface area contributed by atoms with Crippen LogP contribution in [-0.2, 0) is 5.54 Å². The van der Waals surface area contributed by atoms with Gasteiger partial charge in [-0.15, -0.1) is 11.3 Å². The molecule has 8 nitrogen and oxygen atoms in total. The Morgan fingerprint density at radius 3 is 2.18 bits per heavy atom. The molecular weight excluding hydrogens is 510 g/mol. The molecule has 0 fully saturated rings. The van der Waals surface area contributed by atoms with Gasteiger partial charge in [0.2, 0.25) is 0 Å². The number of anilines is 2. The number of aromatic nitrogens is 2. The number of nitrogens with one attached hydrogen (secondary N) is 4. The van der Waals surface area contributed by atoms with E-state index in [1.165, 1.54) is 11.3 Å². The molecule has 0 aliphatic carbocycles. The summed E-state index contributed by atoms with van der Waals surface area (Å²) in [4.78, 5) is 40.3. The van der Waals surface area contributed by atoms with E-state index in [0.717, 1.165) is 11.1 Å². The fraction of sp³-hybridized carbons (Fsp3) is 0.133. The Labute approximate surface area is 229 Å². The number of fused-ring (bicyclic) bond motifs is 1. The second-order valence-corrected chi connectivity index (χ2v) is 10.7. The largest absolute Gasteiger partial charge is 0.342 e. The number of nitrogens with zero attached hydrogens (tertiary/aromatic N) is 1. The van der Waals surface area contributed by atoms with Crippen LogP contribution in [0.3, 0.4) is 0 Å². The van der Waals surface area contributed by atoms with Gasteiger partial charge in [-0.25, -0.2) is 0 Å². The maximum absolute atomic E-state index is 13.3. The van der Waals surface area contributed by atoms with E-state index in [9.17, 15) is 14.4 Å². The Morgan fingerprint density at radius 1 is 0.795 bits per heavy atom. The number of amides is 3. The van der Waals surface area contributed by atoms with Crippen LogP contribution < -0.4 is 16.0 Å². The van der Waals surface area contributed by atoms with Gasteiger partial charge < -0.3 is 16.0 Å². The minimum absolute atomic E-state index is 0.222. The van der Waals surface area contributed by atoms with Crippen molar-refractivity contribution in [1.82, 2.24) is 15.5 Å². The lowest BCUT2D eigenvalue weighted by Crippen LogP contribution is -2.40. The van der Waals surface area contributed by atoms with E-state index in [1.54, 1.807) is 42.5 Å². The molecule has 0 aliphatic heterocycles. The van der Waals surface area contributed by atoms with Crippen molar-refractivity contribution in [2.45, 2.75) is 26.3 Å². The molecular formula is C30H27N5O3S. The summed E-state index contributed by atoms with van der Waals surface area (Å²) in [6.07, 6.45) is 0. The first-order valence-corrected chi connectivity index (χ1v) is 13.2. The van der Waals surface area contributed by atoms with Gasteiger partial charge in [-0.05, 0) is 56.2 Å². The van der Waals surface area contributed by atoms with Crippen molar-refractivity contribution >= 4 is 50.8 Å². The zero-order valence-corrected chi connectivity index (χ0v) is 22.5. The summed E-state index contributed by atoms with van der Waals surface area (Å²) in [5, 5.41) is 16.5. The van der Waals surface area contributed by atoms with Crippen molar-refractivity contribution in [2.75, 3.05) is 10.6 Å². The monoisotopic (exact) mass is 537 g/mol. The summed E-state index contributed by atoms with van der Waals surface area (Å²) in [6, 6.07) is 25.5. The fourth-order valence-electron chi connectivity index (χ4n) is 4.28. The lowest BCUT2D eigenvalue weighted by molar-refractivity contribution is 0.0915. The number of aromatic amines is 1. The molecule has 2 aromatic heterocycles. The Hall–Kier alpha value is -4.76. The zero-order chi connectivity index (χ0) is 27.6. The number of carbonyl (C=O) groups excluding carboxylic acids is 3. The third-order valence-corrected chi connectivity index (χ3v) is 7.48. The summed E-state index contributed by atoms with van der Waals surface area (Å²) < 4.78 is 0. The SMILES string of the molecule is Cc1ccccc1C(=O)Nc1ccccc1C(=O)Nc1n[nH]c2sc(C(=O)NC(C)(C)c3ccccc3)cc12. The first-order valence-electron chi connectivity index (χ1n) is 12.4. The van der Waals surface area contributed by atoms with Crippen LogP contribution in [0.25, 0.3) is 10.2 Å². The van der Waals surface area contributed by atoms with E-state index in [-0.39, 0.29) is 17.4 Å². The highest BCUT2D eigenvalue weighted by molar-refractivity contribution is 7.20. The molecule has 0 radical (unpaired) electrons. The van der Waals surface area contributed by atoms with Gasteiger partial charge in [0.25, 0.3) is 17.7 Å². The third-order valence-electron chi connectivity index (χ3n) is 6.44. The van der Waals surface area contributed by atoms with Gasteiger partial charge in [0.05, 0.1) is 27.1 Å². The standard InChI is InChI=1S/C30H27N5O3S/c1-18-11-7-8-14-20(18)26(36)31-23-16-10-9-15-21(23)27(37)32-25-22-17-24(39-29(22)35-34-25)28(38)33-30(2,3)19-12-5-4-6-13-19/h4-17H,1-3H3,(H,31,36)(H,33,38)(H2,32,34,35,37). The highest BCUT2D eigenvalue weighted by Gasteiger charge is 2.25. The summed E-state index contributed by atoms with van der Waals surface area (Å²) in [5.41, 5.74) is 2.44. The van der Waals surface area contributed by atoms with E-state index in [4.69, 9.17) is 0 Å². The van der Waals surface area contributed by atoms with Crippen LogP contribution in [0.15, 0.2) is 84.9 Å².